The number of rotatable bonds is 12. The maximum atomic E-state index is 11.3. The Hall–Kier alpha value is -1.00. The third kappa shape index (κ3) is 24.0. The van der Waals surface area contributed by atoms with Gasteiger partial charge in [-0.25, -0.2) is 0 Å². The van der Waals surface area contributed by atoms with Crippen molar-refractivity contribution in [3.63, 3.8) is 0 Å². The fourth-order valence-corrected chi connectivity index (χ4v) is 2.36. The maximum absolute atomic E-state index is 11.3. The van der Waals surface area contributed by atoms with Crippen molar-refractivity contribution < 1.29 is 33.5 Å². The topological polar surface area (TPSA) is 118 Å². The lowest BCUT2D eigenvalue weighted by Gasteiger charge is -2.05. The Bertz CT molecular complexity index is 345. The number of esters is 1. The zero-order chi connectivity index (χ0) is 17.3. The molecule has 22 heavy (non-hydrogen) atoms. The lowest BCUT2D eigenvalue weighted by molar-refractivity contribution is -0.191. The average molecular weight is 338 g/mol. The molecule has 8 heteroatoms. The summed E-state index contributed by atoms with van der Waals surface area (Å²) >= 11 is 0. The summed E-state index contributed by atoms with van der Waals surface area (Å²) in [5.74, 6) is -0.265. The van der Waals surface area contributed by atoms with Gasteiger partial charge in [-0.2, -0.15) is 9.59 Å². The SMILES string of the molecule is CCCCCCCCOC(=O)CCCCP(=O)(O)O.O=C=O. The molecule has 0 spiro atoms. The lowest BCUT2D eigenvalue weighted by atomic mass is 10.1. The summed E-state index contributed by atoms with van der Waals surface area (Å²) in [6.07, 6.45) is 8.08. The summed E-state index contributed by atoms with van der Waals surface area (Å²) in [6.45, 7) is 2.64. The van der Waals surface area contributed by atoms with Gasteiger partial charge in [-0.15, -0.1) is 0 Å². The van der Waals surface area contributed by atoms with E-state index in [1.807, 2.05) is 0 Å². The van der Waals surface area contributed by atoms with Gasteiger partial charge in [0.1, 0.15) is 0 Å². The molecule has 7 nitrogen and oxygen atoms in total. The van der Waals surface area contributed by atoms with Crippen molar-refractivity contribution in [1.29, 1.82) is 0 Å². The molecule has 0 heterocycles. The normalized spacial score (nSPS) is 10.3. The number of carbonyl (C=O) groups excluding carboxylic acids is 3. The molecule has 0 aromatic rings. The Labute approximate surface area is 131 Å². The van der Waals surface area contributed by atoms with E-state index in [2.05, 4.69) is 6.92 Å². The predicted octanol–water partition coefficient (Wildman–Crippen LogP) is 2.65. The van der Waals surface area contributed by atoms with Crippen molar-refractivity contribution in [3.8, 4) is 0 Å². The van der Waals surface area contributed by atoms with E-state index in [0.29, 0.717) is 19.4 Å². The van der Waals surface area contributed by atoms with Gasteiger partial charge in [-0.3, -0.25) is 9.36 Å². The zero-order valence-corrected chi connectivity index (χ0v) is 14.1. The van der Waals surface area contributed by atoms with Crippen LogP contribution in [0.3, 0.4) is 0 Å². The number of hydrogen-bond acceptors (Lipinski definition) is 5. The molecule has 0 rings (SSSR count). The standard InChI is InChI=1S/C13H27O5P.CO2/c1-2-3-4-5-6-8-11-18-13(14)10-7-9-12-19(15,16)17;2-1-3/h2-12H2,1H3,(H2,15,16,17);. The first-order valence-electron chi connectivity index (χ1n) is 7.56. The van der Waals surface area contributed by atoms with Gasteiger partial charge in [-0.05, 0) is 19.3 Å². The van der Waals surface area contributed by atoms with Crippen molar-refractivity contribution in [3.05, 3.63) is 0 Å². The largest absolute Gasteiger partial charge is 0.466 e. The van der Waals surface area contributed by atoms with E-state index in [-0.39, 0.29) is 24.7 Å². The number of ether oxygens (including phenoxy) is 1. The van der Waals surface area contributed by atoms with E-state index in [4.69, 9.17) is 24.1 Å². The minimum atomic E-state index is -3.92. The molecule has 0 radical (unpaired) electrons. The summed E-state index contributed by atoms with van der Waals surface area (Å²) in [7, 11) is -3.92. The summed E-state index contributed by atoms with van der Waals surface area (Å²) in [5.41, 5.74) is 0. The highest BCUT2D eigenvalue weighted by Crippen LogP contribution is 2.35. The van der Waals surface area contributed by atoms with E-state index in [1.54, 1.807) is 0 Å². The Morgan fingerprint density at radius 1 is 1.00 bits per heavy atom. The first-order chi connectivity index (χ1) is 10.4. The molecule has 2 N–H and O–H groups in total. The van der Waals surface area contributed by atoms with Crippen LogP contribution in [0.15, 0.2) is 0 Å². The van der Waals surface area contributed by atoms with Crippen LogP contribution >= 0.6 is 7.60 Å². The summed E-state index contributed by atoms with van der Waals surface area (Å²) < 4.78 is 15.6. The molecule has 0 unspecified atom stereocenters. The molecule has 0 bridgehead atoms. The van der Waals surface area contributed by atoms with Gasteiger partial charge in [0.05, 0.1) is 6.61 Å². The number of carbonyl (C=O) groups is 1. The van der Waals surface area contributed by atoms with Crippen LogP contribution in [0, 0.1) is 0 Å². The average Bonchev–Trinajstić information content (AvgIpc) is 2.42. The quantitative estimate of drug-likeness (QED) is 0.319. The smallest absolute Gasteiger partial charge is 0.373 e. The predicted molar refractivity (Wildman–Crippen MR) is 80.1 cm³/mol. The molecule has 0 atom stereocenters. The zero-order valence-electron chi connectivity index (χ0n) is 13.2. The molecule has 0 aromatic heterocycles. The van der Waals surface area contributed by atoms with E-state index in [9.17, 15) is 9.36 Å². The van der Waals surface area contributed by atoms with Gasteiger partial charge >= 0.3 is 19.7 Å². The summed E-state index contributed by atoms with van der Waals surface area (Å²) in [5, 5.41) is 0. The van der Waals surface area contributed by atoms with Crippen LogP contribution < -0.4 is 0 Å². The molecule has 0 fully saturated rings. The number of unbranched alkanes of at least 4 members (excludes halogenated alkanes) is 6. The highest BCUT2D eigenvalue weighted by Gasteiger charge is 2.12. The first kappa shape index (κ1) is 23.3. The van der Waals surface area contributed by atoms with Crippen molar-refractivity contribution in [2.75, 3.05) is 12.8 Å². The molecule has 0 saturated heterocycles. The minimum Gasteiger partial charge on any atom is -0.466 e. The van der Waals surface area contributed by atoms with Crippen molar-refractivity contribution in [2.45, 2.75) is 64.7 Å². The molecular formula is C14H27O7P. The van der Waals surface area contributed by atoms with Crippen molar-refractivity contribution in [2.24, 2.45) is 0 Å². The molecule has 0 amide bonds. The monoisotopic (exact) mass is 338 g/mol. The molecule has 0 aliphatic heterocycles. The van der Waals surface area contributed by atoms with Gasteiger partial charge < -0.3 is 14.5 Å². The van der Waals surface area contributed by atoms with Gasteiger partial charge in [-0.1, -0.05) is 39.0 Å². The second-order valence-electron chi connectivity index (χ2n) is 4.92. The highest BCUT2D eigenvalue weighted by atomic mass is 31.2. The summed E-state index contributed by atoms with van der Waals surface area (Å²) in [4.78, 5) is 44.8. The van der Waals surface area contributed by atoms with E-state index in [1.165, 1.54) is 25.7 Å². The first-order valence-corrected chi connectivity index (χ1v) is 9.36. The van der Waals surface area contributed by atoms with Crippen molar-refractivity contribution in [1.82, 2.24) is 0 Å². The Balaban J connectivity index is 0. The molecule has 0 aliphatic rings. The third-order valence-electron chi connectivity index (χ3n) is 2.84. The molecular weight excluding hydrogens is 311 g/mol. The van der Waals surface area contributed by atoms with Crippen LogP contribution in [0.2, 0.25) is 0 Å². The van der Waals surface area contributed by atoms with Crippen LogP contribution in [0.5, 0.6) is 0 Å². The van der Waals surface area contributed by atoms with Gasteiger partial charge in [0.15, 0.2) is 0 Å². The fourth-order valence-electron chi connectivity index (χ4n) is 1.73. The van der Waals surface area contributed by atoms with Gasteiger partial charge in [0.25, 0.3) is 0 Å². The second-order valence-corrected chi connectivity index (χ2v) is 6.69. The van der Waals surface area contributed by atoms with E-state index >= 15 is 0 Å². The Morgan fingerprint density at radius 2 is 1.55 bits per heavy atom. The fraction of sp³-hybridized carbons (Fsp3) is 0.857. The van der Waals surface area contributed by atoms with E-state index in [0.717, 1.165) is 12.8 Å². The van der Waals surface area contributed by atoms with Crippen LogP contribution in [0.1, 0.15) is 64.7 Å². The Kier molecular flexibility index (Phi) is 17.3. The maximum Gasteiger partial charge on any atom is 0.373 e. The minimum absolute atomic E-state index is 0.155. The molecule has 130 valence electrons. The van der Waals surface area contributed by atoms with Gasteiger partial charge in [0, 0.05) is 12.6 Å². The third-order valence-corrected chi connectivity index (χ3v) is 3.74. The Morgan fingerprint density at radius 3 is 2.09 bits per heavy atom. The van der Waals surface area contributed by atoms with Crippen LogP contribution in [-0.4, -0.2) is 34.7 Å². The van der Waals surface area contributed by atoms with Crippen LogP contribution in [0.25, 0.3) is 0 Å². The van der Waals surface area contributed by atoms with Gasteiger partial charge in [0.2, 0.25) is 0 Å². The lowest BCUT2D eigenvalue weighted by Crippen LogP contribution is -2.06. The van der Waals surface area contributed by atoms with Crippen molar-refractivity contribution >= 4 is 19.7 Å². The molecule has 0 saturated carbocycles. The van der Waals surface area contributed by atoms with E-state index < -0.39 is 7.60 Å². The highest BCUT2D eigenvalue weighted by molar-refractivity contribution is 7.51. The molecule has 0 aliphatic carbocycles. The summed E-state index contributed by atoms with van der Waals surface area (Å²) in [6, 6.07) is 0. The van der Waals surface area contributed by atoms with Crippen LogP contribution in [-0.2, 0) is 23.7 Å². The number of hydrogen-bond donors (Lipinski definition) is 2. The molecule has 0 aromatic carbocycles. The second kappa shape index (κ2) is 16.4. The van der Waals surface area contributed by atoms with Crippen LogP contribution in [0.4, 0.5) is 0 Å².